The van der Waals surface area contributed by atoms with E-state index in [9.17, 15) is 9.18 Å². The predicted octanol–water partition coefficient (Wildman–Crippen LogP) is 3.02. The number of pyridine rings is 1. The molecular weight excluding hydrogens is 237 g/mol. The molecule has 0 aliphatic rings. The van der Waals surface area contributed by atoms with Crippen LogP contribution in [0.2, 0.25) is 0 Å². The molecule has 92 valence electrons. The summed E-state index contributed by atoms with van der Waals surface area (Å²) >= 11 is 0. The van der Waals surface area contributed by atoms with Crippen molar-refractivity contribution in [3.05, 3.63) is 53.6 Å². The molecule has 1 aromatic carbocycles. The summed E-state index contributed by atoms with van der Waals surface area (Å²) in [6.45, 7) is 1.77. The van der Waals surface area contributed by atoms with Crippen molar-refractivity contribution in [1.29, 1.82) is 0 Å². The van der Waals surface area contributed by atoms with Crippen LogP contribution in [0, 0.1) is 12.7 Å². The third-order valence-corrected chi connectivity index (χ3v) is 2.33. The van der Waals surface area contributed by atoms with Gasteiger partial charge < -0.3 is 9.84 Å². The molecule has 0 aliphatic carbocycles. The van der Waals surface area contributed by atoms with E-state index in [4.69, 9.17) is 9.84 Å². The molecule has 0 amide bonds. The first-order valence-corrected chi connectivity index (χ1v) is 5.19. The molecule has 0 fully saturated rings. The van der Waals surface area contributed by atoms with Crippen LogP contribution in [-0.2, 0) is 0 Å². The lowest BCUT2D eigenvalue weighted by atomic mass is 10.2. The van der Waals surface area contributed by atoms with Crippen LogP contribution >= 0.6 is 0 Å². The van der Waals surface area contributed by atoms with E-state index in [0.29, 0.717) is 11.5 Å². The molecule has 2 rings (SSSR count). The Labute approximate surface area is 103 Å². The van der Waals surface area contributed by atoms with Crippen LogP contribution in [0.5, 0.6) is 11.5 Å². The van der Waals surface area contributed by atoms with Crippen LogP contribution in [0.3, 0.4) is 0 Å². The van der Waals surface area contributed by atoms with Gasteiger partial charge in [-0.3, -0.25) is 0 Å². The number of benzene rings is 1. The van der Waals surface area contributed by atoms with Crippen LogP contribution in [0.15, 0.2) is 36.5 Å². The van der Waals surface area contributed by atoms with Gasteiger partial charge in [-0.05, 0) is 24.6 Å². The van der Waals surface area contributed by atoms with Crippen molar-refractivity contribution >= 4 is 5.97 Å². The molecule has 2 aromatic rings. The highest BCUT2D eigenvalue weighted by atomic mass is 19.1. The monoisotopic (exact) mass is 247 g/mol. The maximum Gasteiger partial charge on any atom is 0.354 e. The topological polar surface area (TPSA) is 59.4 Å². The number of aromatic nitrogens is 1. The van der Waals surface area contributed by atoms with Crippen molar-refractivity contribution in [2.75, 3.05) is 0 Å². The number of halogens is 1. The molecule has 4 nitrogen and oxygen atoms in total. The Morgan fingerprint density at radius 2 is 2.11 bits per heavy atom. The fraction of sp³-hybridized carbons (Fsp3) is 0.0769. The van der Waals surface area contributed by atoms with Crippen LogP contribution in [0.25, 0.3) is 0 Å². The molecule has 0 spiro atoms. The standard InChI is InChI=1S/C13H10FNO3/c1-8-2-3-9(14)6-12(8)18-10-4-5-15-11(7-10)13(16)17/h2-7H,1H3,(H,16,17). The van der Waals surface area contributed by atoms with E-state index >= 15 is 0 Å². The van der Waals surface area contributed by atoms with Gasteiger partial charge in [0.25, 0.3) is 0 Å². The third kappa shape index (κ3) is 2.63. The van der Waals surface area contributed by atoms with Gasteiger partial charge in [0, 0.05) is 18.3 Å². The Morgan fingerprint density at radius 1 is 1.33 bits per heavy atom. The molecular formula is C13H10FNO3. The zero-order valence-corrected chi connectivity index (χ0v) is 9.55. The van der Waals surface area contributed by atoms with Crippen molar-refractivity contribution in [3.8, 4) is 11.5 Å². The molecule has 0 saturated heterocycles. The lowest BCUT2D eigenvalue weighted by Crippen LogP contribution is -2.00. The number of carboxylic acid groups (broad SMARTS) is 1. The third-order valence-electron chi connectivity index (χ3n) is 2.33. The zero-order valence-electron chi connectivity index (χ0n) is 9.55. The number of hydrogen-bond acceptors (Lipinski definition) is 3. The SMILES string of the molecule is Cc1ccc(F)cc1Oc1ccnc(C(=O)O)c1. The molecule has 0 radical (unpaired) electrons. The van der Waals surface area contributed by atoms with Gasteiger partial charge in [-0.25, -0.2) is 14.2 Å². The van der Waals surface area contributed by atoms with E-state index in [1.54, 1.807) is 13.0 Å². The normalized spacial score (nSPS) is 10.1. The summed E-state index contributed by atoms with van der Waals surface area (Å²) < 4.78 is 18.5. The number of nitrogens with zero attached hydrogens (tertiary/aromatic N) is 1. The van der Waals surface area contributed by atoms with Crippen molar-refractivity contribution in [2.24, 2.45) is 0 Å². The summed E-state index contributed by atoms with van der Waals surface area (Å²) in [5.74, 6) is -0.909. The van der Waals surface area contributed by atoms with Crippen LogP contribution < -0.4 is 4.74 Å². The lowest BCUT2D eigenvalue weighted by molar-refractivity contribution is 0.0690. The van der Waals surface area contributed by atoms with Crippen molar-refractivity contribution in [2.45, 2.75) is 6.92 Å². The summed E-state index contributed by atoms with van der Waals surface area (Å²) in [6.07, 6.45) is 1.33. The molecule has 0 bridgehead atoms. The van der Waals surface area contributed by atoms with E-state index in [1.165, 1.54) is 30.5 Å². The second-order valence-electron chi connectivity index (χ2n) is 3.69. The molecule has 1 heterocycles. The summed E-state index contributed by atoms with van der Waals surface area (Å²) in [5, 5.41) is 8.80. The Balaban J connectivity index is 2.31. The van der Waals surface area contributed by atoms with Crippen molar-refractivity contribution < 1.29 is 19.0 Å². The predicted molar refractivity (Wildman–Crippen MR) is 62.4 cm³/mol. The Bertz CT molecular complexity index is 599. The second kappa shape index (κ2) is 4.83. The minimum atomic E-state index is -1.14. The van der Waals surface area contributed by atoms with Gasteiger partial charge in [-0.2, -0.15) is 0 Å². The van der Waals surface area contributed by atoms with Gasteiger partial charge in [0.15, 0.2) is 5.69 Å². The van der Waals surface area contributed by atoms with Gasteiger partial charge >= 0.3 is 5.97 Å². The molecule has 0 saturated carbocycles. The average Bonchev–Trinajstić information content (AvgIpc) is 2.34. The quantitative estimate of drug-likeness (QED) is 0.905. The Kier molecular flexibility index (Phi) is 3.23. The number of rotatable bonds is 3. The molecule has 18 heavy (non-hydrogen) atoms. The number of hydrogen-bond donors (Lipinski definition) is 1. The number of ether oxygens (including phenoxy) is 1. The smallest absolute Gasteiger partial charge is 0.354 e. The first-order valence-electron chi connectivity index (χ1n) is 5.19. The fourth-order valence-corrected chi connectivity index (χ4v) is 1.40. The van der Waals surface area contributed by atoms with E-state index in [2.05, 4.69) is 4.98 Å². The molecule has 5 heteroatoms. The van der Waals surface area contributed by atoms with Crippen molar-refractivity contribution in [1.82, 2.24) is 4.98 Å². The first-order chi connectivity index (χ1) is 8.56. The summed E-state index contributed by atoms with van der Waals surface area (Å²) in [5.41, 5.74) is 0.631. The maximum absolute atomic E-state index is 13.1. The number of aryl methyl sites for hydroxylation is 1. The average molecular weight is 247 g/mol. The van der Waals surface area contributed by atoms with Crippen LogP contribution in [-0.4, -0.2) is 16.1 Å². The highest BCUT2D eigenvalue weighted by Gasteiger charge is 2.08. The Hall–Kier alpha value is -2.43. The largest absolute Gasteiger partial charge is 0.477 e. The number of carboxylic acids is 1. The minimum Gasteiger partial charge on any atom is -0.477 e. The second-order valence-corrected chi connectivity index (χ2v) is 3.69. The maximum atomic E-state index is 13.1. The highest BCUT2D eigenvalue weighted by Crippen LogP contribution is 2.25. The van der Waals surface area contributed by atoms with E-state index in [1.807, 2.05) is 0 Å². The van der Waals surface area contributed by atoms with E-state index < -0.39 is 11.8 Å². The van der Waals surface area contributed by atoms with Gasteiger partial charge in [0.1, 0.15) is 17.3 Å². The lowest BCUT2D eigenvalue weighted by Gasteiger charge is -2.08. The molecule has 0 unspecified atom stereocenters. The van der Waals surface area contributed by atoms with E-state index in [0.717, 1.165) is 5.56 Å². The molecule has 1 aromatic heterocycles. The summed E-state index contributed by atoms with van der Waals surface area (Å²) in [4.78, 5) is 14.4. The zero-order chi connectivity index (χ0) is 13.1. The van der Waals surface area contributed by atoms with Gasteiger partial charge in [-0.15, -0.1) is 0 Å². The van der Waals surface area contributed by atoms with Gasteiger partial charge in [0.2, 0.25) is 0 Å². The summed E-state index contributed by atoms with van der Waals surface area (Å²) in [7, 11) is 0. The number of aromatic carboxylic acids is 1. The minimum absolute atomic E-state index is 0.124. The van der Waals surface area contributed by atoms with Crippen LogP contribution in [0.1, 0.15) is 16.1 Å². The Morgan fingerprint density at radius 3 is 2.83 bits per heavy atom. The van der Waals surface area contributed by atoms with Gasteiger partial charge in [-0.1, -0.05) is 6.07 Å². The van der Waals surface area contributed by atoms with E-state index in [-0.39, 0.29) is 5.69 Å². The van der Waals surface area contributed by atoms with Gasteiger partial charge in [0.05, 0.1) is 0 Å². The number of carbonyl (C=O) groups is 1. The summed E-state index contributed by atoms with van der Waals surface area (Å²) in [6, 6.07) is 6.96. The fourth-order valence-electron chi connectivity index (χ4n) is 1.40. The van der Waals surface area contributed by atoms with Crippen molar-refractivity contribution in [3.63, 3.8) is 0 Å². The molecule has 0 aliphatic heterocycles. The first kappa shape index (κ1) is 12.0. The van der Waals surface area contributed by atoms with Crippen LogP contribution in [0.4, 0.5) is 4.39 Å². The highest BCUT2D eigenvalue weighted by molar-refractivity contribution is 5.85. The molecule has 0 atom stereocenters. The molecule has 1 N–H and O–H groups in total.